The van der Waals surface area contributed by atoms with E-state index in [1.54, 1.807) is 48.5 Å². The van der Waals surface area contributed by atoms with Crippen LogP contribution in [0.25, 0.3) is 0 Å². The third-order valence-corrected chi connectivity index (χ3v) is 4.17. The van der Waals surface area contributed by atoms with Crippen molar-refractivity contribution in [3.05, 3.63) is 77.3 Å². The summed E-state index contributed by atoms with van der Waals surface area (Å²) in [4.78, 5) is 12.2. The van der Waals surface area contributed by atoms with Gasteiger partial charge in [0, 0.05) is 17.4 Å². The lowest BCUT2D eigenvalue weighted by Gasteiger charge is -2.13. The molecule has 30 heavy (non-hydrogen) atoms. The van der Waals surface area contributed by atoms with E-state index in [1.165, 1.54) is 6.07 Å². The maximum absolute atomic E-state index is 12.9. The molecule has 0 aliphatic heterocycles. The third-order valence-electron chi connectivity index (χ3n) is 3.84. The lowest BCUT2D eigenvalue weighted by atomic mass is 10.2. The van der Waals surface area contributed by atoms with Crippen molar-refractivity contribution in [3.8, 4) is 11.5 Å². The molecule has 3 rings (SSSR count). The predicted octanol–water partition coefficient (Wildman–Crippen LogP) is 6.60. The molecule has 0 atom stereocenters. The van der Waals surface area contributed by atoms with Gasteiger partial charge in [0.05, 0.1) is 16.3 Å². The molecule has 0 spiro atoms. The van der Waals surface area contributed by atoms with Crippen molar-refractivity contribution in [3.63, 3.8) is 0 Å². The van der Waals surface area contributed by atoms with E-state index in [-0.39, 0.29) is 5.69 Å². The molecular formula is C20H15ClF3N3O3. The van der Waals surface area contributed by atoms with Crippen molar-refractivity contribution in [2.75, 3.05) is 16.1 Å². The Balaban J connectivity index is 1.66. The van der Waals surface area contributed by atoms with Gasteiger partial charge in [0.25, 0.3) is 0 Å². The summed E-state index contributed by atoms with van der Waals surface area (Å²) >= 11 is 5.57. The Bertz CT molecular complexity index is 1040. The van der Waals surface area contributed by atoms with Crippen LogP contribution in [0.15, 0.2) is 66.7 Å². The van der Waals surface area contributed by atoms with Gasteiger partial charge in [-0.15, -0.1) is 0 Å². The molecule has 3 aromatic rings. The van der Waals surface area contributed by atoms with E-state index in [0.717, 1.165) is 12.1 Å². The van der Waals surface area contributed by atoms with Crippen LogP contribution >= 0.6 is 11.6 Å². The van der Waals surface area contributed by atoms with Gasteiger partial charge in [0.2, 0.25) is 0 Å². The van der Waals surface area contributed by atoms with Crippen molar-refractivity contribution in [1.29, 1.82) is 0 Å². The molecule has 0 saturated carbocycles. The zero-order valence-corrected chi connectivity index (χ0v) is 15.9. The second-order valence-corrected chi connectivity index (χ2v) is 6.44. The highest BCUT2D eigenvalue weighted by Gasteiger charge is 2.33. The molecule has 0 unspecified atom stereocenters. The molecule has 0 aromatic heterocycles. The Morgan fingerprint density at radius 1 is 0.867 bits per heavy atom. The lowest BCUT2D eigenvalue weighted by Crippen LogP contribution is -2.20. The molecule has 10 heteroatoms. The summed E-state index contributed by atoms with van der Waals surface area (Å²) in [6.45, 7) is 0. The standard InChI is InChI=1S/C20H15ClF3N3O3/c21-18-9-6-14(11-17(18)20(22,23)24)26-19(28)25-13-2-1-3-16(10-13)30-15-7-4-12(27-29)5-8-15/h1-11,27,29H,(H2,25,26,28). The Morgan fingerprint density at radius 3 is 2.13 bits per heavy atom. The molecule has 0 saturated heterocycles. The number of hydrogen-bond acceptors (Lipinski definition) is 4. The number of alkyl halides is 3. The maximum Gasteiger partial charge on any atom is 0.417 e. The highest BCUT2D eigenvalue weighted by atomic mass is 35.5. The average molecular weight is 438 g/mol. The van der Waals surface area contributed by atoms with Gasteiger partial charge in [-0.25, -0.2) is 4.79 Å². The number of urea groups is 1. The van der Waals surface area contributed by atoms with E-state index in [2.05, 4.69) is 10.6 Å². The number of halogens is 4. The van der Waals surface area contributed by atoms with Gasteiger partial charge in [-0.3, -0.25) is 10.7 Å². The van der Waals surface area contributed by atoms with Crippen LogP contribution in [-0.2, 0) is 6.18 Å². The second-order valence-electron chi connectivity index (χ2n) is 6.04. The number of ether oxygens (including phenoxy) is 1. The monoisotopic (exact) mass is 437 g/mol. The SMILES string of the molecule is O=C(Nc1cccc(Oc2ccc(NO)cc2)c1)Nc1ccc(Cl)c(C(F)(F)F)c1. The van der Waals surface area contributed by atoms with Gasteiger partial charge in [-0.2, -0.15) is 13.2 Å². The zero-order chi connectivity index (χ0) is 21.7. The number of benzene rings is 3. The highest BCUT2D eigenvalue weighted by Crippen LogP contribution is 2.36. The Labute approximate surface area is 174 Å². The minimum atomic E-state index is -4.64. The van der Waals surface area contributed by atoms with E-state index in [9.17, 15) is 18.0 Å². The van der Waals surface area contributed by atoms with Gasteiger partial charge in [0.1, 0.15) is 11.5 Å². The van der Waals surface area contributed by atoms with E-state index in [4.69, 9.17) is 21.5 Å². The van der Waals surface area contributed by atoms with Crippen LogP contribution in [0.5, 0.6) is 11.5 Å². The van der Waals surface area contributed by atoms with Crippen LogP contribution in [0.2, 0.25) is 5.02 Å². The molecule has 0 radical (unpaired) electrons. The van der Waals surface area contributed by atoms with Crippen molar-refractivity contribution < 1.29 is 27.9 Å². The van der Waals surface area contributed by atoms with Crippen LogP contribution in [0.1, 0.15) is 5.56 Å². The molecule has 6 nitrogen and oxygen atoms in total. The minimum absolute atomic E-state index is 0.0609. The molecule has 0 aliphatic carbocycles. The van der Waals surface area contributed by atoms with E-state index >= 15 is 0 Å². The lowest BCUT2D eigenvalue weighted by molar-refractivity contribution is -0.137. The van der Waals surface area contributed by atoms with E-state index in [0.29, 0.717) is 22.9 Å². The fourth-order valence-electron chi connectivity index (χ4n) is 2.48. The predicted molar refractivity (Wildman–Crippen MR) is 107 cm³/mol. The van der Waals surface area contributed by atoms with Crippen molar-refractivity contribution in [1.82, 2.24) is 0 Å². The normalized spacial score (nSPS) is 11.0. The molecular weight excluding hydrogens is 423 g/mol. The number of rotatable bonds is 5. The number of nitrogens with one attached hydrogen (secondary N) is 3. The van der Waals surface area contributed by atoms with E-state index in [1.807, 2.05) is 5.48 Å². The molecule has 4 N–H and O–H groups in total. The van der Waals surface area contributed by atoms with Gasteiger partial charge >= 0.3 is 12.2 Å². The van der Waals surface area contributed by atoms with Gasteiger partial charge in [-0.1, -0.05) is 17.7 Å². The second kappa shape index (κ2) is 8.93. The Hall–Kier alpha value is -3.43. The summed E-state index contributed by atoms with van der Waals surface area (Å²) in [7, 11) is 0. The van der Waals surface area contributed by atoms with Gasteiger partial charge < -0.3 is 15.4 Å². The molecule has 2 amide bonds. The summed E-state index contributed by atoms with van der Waals surface area (Å²) in [5, 5.41) is 13.2. The third kappa shape index (κ3) is 5.56. The first kappa shape index (κ1) is 21.3. The van der Waals surface area contributed by atoms with Crippen molar-refractivity contribution in [2.24, 2.45) is 0 Å². The summed E-state index contributed by atoms with van der Waals surface area (Å²) in [6, 6.07) is 15.2. The van der Waals surface area contributed by atoms with Crippen LogP contribution in [-0.4, -0.2) is 11.2 Å². The molecule has 0 aliphatic rings. The van der Waals surface area contributed by atoms with Crippen LogP contribution < -0.4 is 20.9 Å². The van der Waals surface area contributed by atoms with E-state index < -0.39 is 22.8 Å². The van der Waals surface area contributed by atoms with Crippen molar-refractivity contribution >= 4 is 34.7 Å². The molecule has 156 valence electrons. The van der Waals surface area contributed by atoms with Crippen LogP contribution in [0, 0.1) is 0 Å². The minimum Gasteiger partial charge on any atom is -0.457 e. The number of carbonyl (C=O) groups is 1. The topological polar surface area (TPSA) is 82.6 Å². The number of hydrogen-bond donors (Lipinski definition) is 4. The quantitative estimate of drug-likeness (QED) is 0.339. The molecule has 0 heterocycles. The molecule has 0 bridgehead atoms. The fourth-order valence-corrected chi connectivity index (χ4v) is 2.71. The summed E-state index contributed by atoms with van der Waals surface area (Å²) in [5.41, 5.74) is 1.76. The summed E-state index contributed by atoms with van der Waals surface area (Å²) in [6.07, 6.45) is -4.64. The zero-order valence-electron chi connectivity index (χ0n) is 15.1. The first-order valence-corrected chi connectivity index (χ1v) is 8.85. The highest BCUT2D eigenvalue weighted by molar-refractivity contribution is 6.31. The smallest absolute Gasteiger partial charge is 0.417 e. The summed E-state index contributed by atoms with van der Waals surface area (Å²) < 4.78 is 44.5. The van der Waals surface area contributed by atoms with Crippen LogP contribution in [0.4, 0.5) is 35.0 Å². The Morgan fingerprint density at radius 2 is 1.50 bits per heavy atom. The number of anilines is 3. The summed E-state index contributed by atoms with van der Waals surface area (Å²) in [5.74, 6) is 0.916. The largest absolute Gasteiger partial charge is 0.457 e. The Kier molecular flexibility index (Phi) is 6.34. The molecule has 3 aromatic carbocycles. The first-order chi connectivity index (χ1) is 14.2. The maximum atomic E-state index is 12.9. The van der Waals surface area contributed by atoms with Gasteiger partial charge in [0.15, 0.2) is 0 Å². The fraction of sp³-hybridized carbons (Fsp3) is 0.0500. The van der Waals surface area contributed by atoms with Crippen LogP contribution in [0.3, 0.4) is 0 Å². The van der Waals surface area contributed by atoms with Gasteiger partial charge in [-0.05, 0) is 54.6 Å². The number of amides is 2. The van der Waals surface area contributed by atoms with Crippen molar-refractivity contribution in [2.45, 2.75) is 6.18 Å². The first-order valence-electron chi connectivity index (χ1n) is 8.47. The number of carbonyl (C=O) groups excluding carboxylic acids is 1. The average Bonchev–Trinajstić information content (AvgIpc) is 2.69. The molecule has 0 fully saturated rings.